The van der Waals surface area contributed by atoms with Crippen LogP contribution < -0.4 is 5.32 Å². The fraction of sp³-hybridized carbons (Fsp3) is 0.600. The number of rotatable bonds is 4. The van der Waals surface area contributed by atoms with Crippen molar-refractivity contribution in [1.82, 2.24) is 5.32 Å². The standard InChI is InChI=1S/C15H22ClN.ClH/c1-11(2)17-12(3)15(9-4-10-15)13-5-7-14(16)8-6-13;/h5-8,11-12,17H,4,9-10H2,1-3H3;1H. The lowest BCUT2D eigenvalue weighted by atomic mass is 9.60. The molecule has 1 atom stereocenters. The molecule has 0 bridgehead atoms. The van der Waals surface area contributed by atoms with E-state index in [1.165, 1.54) is 24.8 Å². The second-order valence-electron chi connectivity index (χ2n) is 5.56. The van der Waals surface area contributed by atoms with E-state index in [9.17, 15) is 0 Å². The van der Waals surface area contributed by atoms with Crippen LogP contribution in [0.5, 0.6) is 0 Å². The molecule has 1 aromatic rings. The molecule has 1 unspecified atom stereocenters. The van der Waals surface area contributed by atoms with Crippen molar-refractivity contribution in [3.8, 4) is 0 Å². The first kappa shape index (κ1) is 15.8. The molecule has 0 radical (unpaired) electrons. The van der Waals surface area contributed by atoms with E-state index in [1.807, 2.05) is 12.1 Å². The molecular weight excluding hydrogens is 265 g/mol. The predicted molar refractivity (Wildman–Crippen MR) is 82.0 cm³/mol. The summed E-state index contributed by atoms with van der Waals surface area (Å²) in [5.74, 6) is 0. The summed E-state index contributed by atoms with van der Waals surface area (Å²) in [6.45, 7) is 6.74. The van der Waals surface area contributed by atoms with Crippen molar-refractivity contribution < 1.29 is 0 Å². The summed E-state index contributed by atoms with van der Waals surface area (Å²) in [6, 6.07) is 9.48. The quantitative estimate of drug-likeness (QED) is 0.855. The highest BCUT2D eigenvalue weighted by Crippen LogP contribution is 2.46. The van der Waals surface area contributed by atoms with Crippen LogP contribution in [0.1, 0.15) is 45.6 Å². The molecular formula is C15H23Cl2N. The Morgan fingerprint density at radius 1 is 1.11 bits per heavy atom. The number of hydrogen-bond acceptors (Lipinski definition) is 1. The first-order valence-corrected chi connectivity index (χ1v) is 6.94. The van der Waals surface area contributed by atoms with Crippen molar-refractivity contribution in [2.45, 2.75) is 57.5 Å². The van der Waals surface area contributed by atoms with Crippen molar-refractivity contribution in [3.63, 3.8) is 0 Å². The van der Waals surface area contributed by atoms with Crippen LogP contribution in [0.4, 0.5) is 0 Å². The SMILES string of the molecule is CC(C)NC(C)C1(c2ccc(Cl)cc2)CCC1.Cl. The monoisotopic (exact) mass is 287 g/mol. The molecule has 0 heterocycles. The lowest BCUT2D eigenvalue weighted by molar-refractivity contribution is 0.172. The van der Waals surface area contributed by atoms with Gasteiger partial charge >= 0.3 is 0 Å². The molecule has 1 aromatic carbocycles. The Bertz CT molecular complexity index is 369. The van der Waals surface area contributed by atoms with Crippen LogP contribution in [0.25, 0.3) is 0 Å². The van der Waals surface area contributed by atoms with Gasteiger partial charge in [-0.2, -0.15) is 0 Å². The van der Waals surface area contributed by atoms with Crippen LogP contribution in [0.3, 0.4) is 0 Å². The minimum absolute atomic E-state index is 0. The summed E-state index contributed by atoms with van der Waals surface area (Å²) in [7, 11) is 0. The topological polar surface area (TPSA) is 12.0 Å². The van der Waals surface area contributed by atoms with Crippen LogP contribution in [0.15, 0.2) is 24.3 Å². The predicted octanol–water partition coefficient (Wildman–Crippen LogP) is 4.57. The fourth-order valence-electron chi connectivity index (χ4n) is 2.97. The highest BCUT2D eigenvalue weighted by Gasteiger charge is 2.43. The molecule has 1 N–H and O–H groups in total. The second kappa shape index (κ2) is 6.27. The van der Waals surface area contributed by atoms with Crippen molar-refractivity contribution in [3.05, 3.63) is 34.9 Å². The molecule has 0 spiro atoms. The Kier molecular flexibility index (Phi) is 5.51. The smallest absolute Gasteiger partial charge is 0.0406 e. The molecule has 1 nitrogen and oxygen atoms in total. The van der Waals surface area contributed by atoms with Gasteiger partial charge in [0.2, 0.25) is 0 Å². The Hall–Kier alpha value is -0.240. The minimum Gasteiger partial charge on any atom is -0.311 e. The zero-order valence-corrected chi connectivity index (χ0v) is 12.9. The molecule has 1 fully saturated rings. The molecule has 1 aliphatic rings. The third-order valence-electron chi connectivity index (χ3n) is 4.08. The summed E-state index contributed by atoms with van der Waals surface area (Å²) in [5.41, 5.74) is 1.77. The van der Waals surface area contributed by atoms with Gasteiger partial charge in [0.25, 0.3) is 0 Å². The summed E-state index contributed by atoms with van der Waals surface area (Å²) >= 11 is 5.97. The largest absolute Gasteiger partial charge is 0.311 e. The Balaban J connectivity index is 0.00000162. The van der Waals surface area contributed by atoms with E-state index in [-0.39, 0.29) is 12.4 Å². The molecule has 0 aromatic heterocycles. The Labute approximate surface area is 122 Å². The van der Waals surface area contributed by atoms with Gasteiger partial charge in [-0.1, -0.05) is 44.0 Å². The van der Waals surface area contributed by atoms with Gasteiger partial charge in [0, 0.05) is 22.5 Å². The fourth-order valence-corrected chi connectivity index (χ4v) is 3.10. The maximum absolute atomic E-state index is 5.97. The maximum Gasteiger partial charge on any atom is 0.0406 e. The molecule has 0 saturated heterocycles. The maximum atomic E-state index is 5.97. The lowest BCUT2D eigenvalue weighted by Gasteiger charge is -2.48. The van der Waals surface area contributed by atoms with Crippen LogP contribution in [-0.2, 0) is 5.41 Å². The Morgan fingerprint density at radius 2 is 1.67 bits per heavy atom. The number of halogens is 2. The third-order valence-corrected chi connectivity index (χ3v) is 4.33. The lowest BCUT2D eigenvalue weighted by Crippen LogP contribution is -2.52. The molecule has 18 heavy (non-hydrogen) atoms. The van der Waals surface area contributed by atoms with E-state index in [1.54, 1.807) is 0 Å². The van der Waals surface area contributed by atoms with E-state index in [0.29, 0.717) is 17.5 Å². The van der Waals surface area contributed by atoms with E-state index >= 15 is 0 Å². The molecule has 1 saturated carbocycles. The highest BCUT2D eigenvalue weighted by molar-refractivity contribution is 6.30. The van der Waals surface area contributed by atoms with Gasteiger partial charge < -0.3 is 5.32 Å². The van der Waals surface area contributed by atoms with Crippen LogP contribution in [-0.4, -0.2) is 12.1 Å². The van der Waals surface area contributed by atoms with Gasteiger partial charge in [0.1, 0.15) is 0 Å². The van der Waals surface area contributed by atoms with E-state index in [4.69, 9.17) is 11.6 Å². The summed E-state index contributed by atoms with van der Waals surface area (Å²) in [4.78, 5) is 0. The average molecular weight is 288 g/mol. The third kappa shape index (κ3) is 3.01. The van der Waals surface area contributed by atoms with Gasteiger partial charge in [-0.25, -0.2) is 0 Å². The minimum atomic E-state index is 0. The van der Waals surface area contributed by atoms with Gasteiger partial charge in [-0.15, -0.1) is 12.4 Å². The normalized spacial score (nSPS) is 18.9. The van der Waals surface area contributed by atoms with Crippen molar-refractivity contribution in [2.24, 2.45) is 0 Å². The zero-order valence-electron chi connectivity index (χ0n) is 11.4. The summed E-state index contributed by atoms with van der Waals surface area (Å²) < 4.78 is 0. The highest BCUT2D eigenvalue weighted by atomic mass is 35.5. The van der Waals surface area contributed by atoms with Crippen LogP contribution in [0, 0.1) is 0 Å². The Morgan fingerprint density at radius 3 is 2.06 bits per heavy atom. The summed E-state index contributed by atoms with van der Waals surface area (Å²) in [5, 5.41) is 4.49. The zero-order chi connectivity index (χ0) is 12.5. The molecule has 2 rings (SSSR count). The van der Waals surface area contributed by atoms with Crippen molar-refractivity contribution in [1.29, 1.82) is 0 Å². The van der Waals surface area contributed by atoms with Gasteiger partial charge in [-0.05, 0) is 37.5 Å². The molecule has 3 heteroatoms. The second-order valence-corrected chi connectivity index (χ2v) is 6.00. The van der Waals surface area contributed by atoms with Crippen LogP contribution in [0.2, 0.25) is 5.02 Å². The molecule has 1 aliphatic carbocycles. The average Bonchev–Trinajstić information content (AvgIpc) is 2.18. The van der Waals surface area contributed by atoms with Crippen molar-refractivity contribution in [2.75, 3.05) is 0 Å². The number of nitrogens with one attached hydrogen (secondary N) is 1. The summed E-state index contributed by atoms with van der Waals surface area (Å²) in [6.07, 6.45) is 3.91. The van der Waals surface area contributed by atoms with E-state index in [0.717, 1.165) is 5.02 Å². The van der Waals surface area contributed by atoms with E-state index < -0.39 is 0 Å². The van der Waals surface area contributed by atoms with Crippen LogP contribution >= 0.6 is 24.0 Å². The number of benzene rings is 1. The first-order valence-electron chi connectivity index (χ1n) is 6.57. The first-order chi connectivity index (χ1) is 8.04. The molecule has 0 aliphatic heterocycles. The van der Waals surface area contributed by atoms with Gasteiger partial charge in [-0.3, -0.25) is 0 Å². The van der Waals surface area contributed by atoms with Gasteiger partial charge in [0.15, 0.2) is 0 Å². The van der Waals surface area contributed by atoms with Crippen molar-refractivity contribution >= 4 is 24.0 Å². The van der Waals surface area contributed by atoms with E-state index in [2.05, 4.69) is 38.2 Å². The number of hydrogen-bond donors (Lipinski definition) is 1. The molecule has 102 valence electrons. The van der Waals surface area contributed by atoms with Gasteiger partial charge in [0.05, 0.1) is 0 Å². The molecule has 0 amide bonds.